The Labute approximate surface area is 178 Å². The first-order chi connectivity index (χ1) is 14.5. The molecule has 1 aliphatic carbocycles. The Bertz CT molecular complexity index is 811. The molecule has 0 saturated carbocycles. The van der Waals surface area contributed by atoms with Crippen molar-refractivity contribution < 1.29 is 14.3 Å². The van der Waals surface area contributed by atoms with E-state index >= 15 is 0 Å². The first-order valence-corrected chi connectivity index (χ1v) is 11.1. The topological polar surface area (TPSA) is 69.8 Å². The van der Waals surface area contributed by atoms with Gasteiger partial charge in [-0.2, -0.15) is 0 Å². The summed E-state index contributed by atoms with van der Waals surface area (Å²) in [4.78, 5) is 17.0. The lowest BCUT2D eigenvalue weighted by Crippen LogP contribution is -2.49. The van der Waals surface area contributed by atoms with Crippen molar-refractivity contribution in [2.24, 2.45) is 11.7 Å². The van der Waals surface area contributed by atoms with Crippen LogP contribution in [0.15, 0.2) is 48.6 Å². The first kappa shape index (κ1) is 21.1. The molecule has 1 aromatic carbocycles. The number of para-hydroxylation sites is 1. The molecule has 1 aromatic rings. The number of alkyl halides is 1. The number of aliphatic hydroxyl groups is 1. The van der Waals surface area contributed by atoms with E-state index in [4.69, 9.17) is 5.73 Å². The summed E-state index contributed by atoms with van der Waals surface area (Å²) < 4.78 is 14.0. The fraction of sp³-hybridized carbons (Fsp3) is 0.542. The lowest BCUT2D eigenvalue weighted by molar-refractivity contribution is -0.132. The molecule has 162 valence electrons. The molecular formula is C24H32FN3O2. The summed E-state index contributed by atoms with van der Waals surface area (Å²) in [6.45, 7) is 1.35. The minimum absolute atomic E-state index is 0.0375. The largest absolute Gasteiger partial charge is 0.374 e. The average molecular weight is 414 g/mol. The number of hydrogen-bond donors (Lipinski definition) is 2. The molecule has 6 heteroatoms. The van der Waals surface area contributed by atoms with Gasteiger partial charge in [-0.25, -0.2) is 4.39 Å². The highest BCUT2D eigenvalue weighted by molar-refractivity contribution is 5.77. The molecule has 3 aliphatic rings. The summed E-state index contributed by atoms with van der Waals surface area (Å²) in [5.74, 6) is -0.220. The highest BCUT2D eigenvalue weighted by Crippen LogP contribution is 2.32. The van der Waals surface area contributed by atoms with Crippen LogP contribution in [0.25, 0.3) is 0 Å². The molecule has 4 unspecified atom stereocenters. The van der Waals surface area contributed by atoms with Crippen molar-refractivity contribution in [3.8, 4) is 0 Å². The van der Waals surface area contributed by atoms with Crippen molar-refractivity contribution >= 4 is 11.6 Å². The van der Waals surface area contributed by atoms with E-state index in [-0.39, 0.29) is 30.3 Å². The number of fused-ring (bicyclic) bond motifs is 1. The van der Waals surface area contributed by atoms with Crippen molar-refractivity contribution in [2.45, 2.75) is 63.0 Å². The van der Waals surface area contributed by atoms with Crippen LogP contribution >= 0.6 is 0 Å². The zero-order chi connectivity index (χ0) is 21.1. The fourth-order valence-electron chi connectivity index (χ4n) is 5.01. The number of benzene rings is 1. The van der Waals surface area contributed by atoms with Crippen LogP contribution in [0.4, 0.5) is 10.1 Å². The van der Waals surface area contributed by atoms with Gasteiger partial charge in [0.2, 0.25) is 5.91 Å². The first-order valence-electron chi connectivity index (χ1n) is 11.1. The lowest BCUT2D eigenvalue weighted by atomic mass is 9.91. The molecule has 5 nitrogen and oxygen atoms in total. The Kier molecular flexibility index (Phi) is 6.54. The van der Waals surface area contributed by atoms with Crippen molar-refractivity contribution in [3.05, 3.63) is 54.1 Å². The van der Waals surface area contributed by atoms with Gasteiger partial charge in [0.15, 0.2) is 0 Å². The third kappa shape index (κ3) is 4.60. The van der Waals surface area contributed by atoms with E-state index < -0.39 is 12.4 Å². The minimum Gasteiger partial charge on any atom is -0.374 e. The summed E-state index contributed by atoms with van der Waals surface area (Å²) in [6, 6.07) is 7.89. The maximum Gasteiger partial charge on any atom is 0.224 e. The molecule has 5 atom stereocenters. The molecule has 0 bridgehead atoms. The van der Waals surface area contributed by atoms with E-state index in [1.807, 2.05) is 40.2 Å². The van der Waals surface area contributed by atoms with Crippen molar-refractivity contribution in [1.29, 1.82) is 0 Å². The van der Waals surface area contributed by atoms with Gasteiger partial charge in [0, 0.05) is 43.2 Å². The second-order valence-electron chi connectivity index (χ2n) is 8.76. The molecule has 30 heavy (non-hydrogen) atoms. The average Bonchev–Trinajstić information content (AvgIpc) is 3.20. The summed E-state index contributed by atoms with van der Waals surface area (Å²) in [6.07, 6.45) is 9.53. The maximum atomic E-state index is 14.0. The van der Waals surface area contributed by atoms with Gasteiger partial charge in [0.05, 0.1) is 0 Å². The van der Waals surface area contributed by atoms with E-state index in [1.165, 1.54) is 11.6 Å². The molecule has 1 amide bonds. The number of likely N-dealkylation sites (tertiary alicyclic amines) is 1. The number of hydrogen-bond acceptors (Lipinski definition) is 4. The monoisotopic (exact) mass is 413 g/mol. The van der Waals surface area contributed by atoms with E-state index in [0.29, 0.717) is 19.4 Å². The van der Waals surface area contributed by atoms with E-state index in [1.54, 1.807) is 6.08 Å². The van der Waals surface area contributed by atoms with Crippen LogP contribution in [0.5, 0.6) is 0 Å². The van der Waals surface area contributed by atoms with Crippen LogP contribution in [-0.2, 0) is 11.2 Å². The lowest BCUT2D eigenvalue weighted by Gasteiger charge is -2.39. The molecule has 2 aliphatic heterocycles. The van der Waals surface area contributed by atoms with Crippen LogP contribution in [-0.4, -0.2) is 53.5 Å². The van der Waals surface area contributed by atoms with Gasteiger partial charge >= 0.3 is 0 Å². The van der Waals surface area contributed by atoms with Gasteiger partial charge in [0.25, 0.3) is 0 Å². The second kappa shape index (κ2) is 9.31. The number of carbonyl (C=O) groups is 1. The number of rotatable bonds is 6. The molecule has 3 N–H and O–H groups in total. The number of halogens is 1. The highest BCUT2D eigenvalue weighted by atomic mass is 19.1. The number of nitrogens with zero attached hydrogens (tertiary/aromatic N) is 2. The van der Waals surface area contributed by atoms with Crippen LogP contribution in [0.2, 0.25) is 0 Å². The summed E-state index contributed by atoms with van der Waals surface area (Å²) in [5, 5.41) is 10.6. The number of amides is 1. The molecule has 0 spiro atoms. The Morgan fingerprint density at radius 1 is 1.23 bits per heavy atom. The Hall–Kier alpha value is -2.18. The van der Waals surface area contributed by atoms with Crippen LogP contribution in [0, 0.1) is 5.92 Å². The van der Waals surface area contributed by atoms with Gasteiger partial charge in [-0.3, -0.25) is 4.79 Å². The van der Waals surface area contributed by atoms with Gasteiger partial charge < -0.3 is 20.6 Å². The molecule has 4 rings (SSSR count). The number of nitrogens with two attached hydrogens (primary N) is 1. The molecular weight excluding hydrogens is 381 g/mol. The summed E-state index contributed by atoms with van der Waals surface area (Å²) in [5.41, 5.74) is 8.54. The summed E-state index contributed by atoms with van der Waals surface area (Å²) >= 11 is 0. The zero-order valence-corrected chi connectivity index (χ0v) is 17.4. The molecule has 0 radical (unpaired) electrons. The smallest absolute Gasteiger partial charge is 0.224 e. The van der Waals surface area contributed by atoms with Crippen molar-refractivity contribution in [3.63, 3.8) is 0 Å². The predicted octanol–water partition coefficient (Wildman–Crippen LogP) is 2.94. The van der Waals surface area contributed by atoms with Crippen LogP contribution in [0.1, 0.15) is 37.7 Å². The fourth-order valence-corrected chi connectivity index (χ4v) is 5.01. The third-order valence-corrected chi connectivity index (χ3v) is 6.62. The number of aryl methyl sites for hydroxylation is 1. The van der Waals surface area contributed by atoms with Gasteiger partial charge in [-0.05, 0) is 43.7 Å². The van der Waals surface area contributed by atoms with Crippen LogP contribution < -0.4 is 10.6 Å². The van der Waals surface area contributed by atoms with Gasteiger partial charge in [-0.15, -0.1) is 0 Å². The minimum atomic E-state index is -1.03. The molecule has 1 fully saturated rings. The highest BCUT2D eigenvalue weighted by Gasteiger charge is 2.34. The number of carbonyl (C=O) groups excluding carboxylic acids is 1. The standard InChI is InChI=1S/C24H32FN3O2/c25-21-9-3-1-7-18(21)14-19(26)15-24(30)27-13-5-8-20(27)16-28-22-10-4-2-6-17(22)11-12-23(28)29/h1-4,6-7,9-10,18-21,23,29H,5,8,11-16,26H2/t18?,19-,20?,21?,23?/m1/s1. The van der Waals surface area contributed by atoms with Crippen molar-refractivity contribution in [2.75, 3.05) is 18.0 Å². The Morgan fingerprint density at radius 3 is 2.87 bits per heavy atom. The SMILES string of the molecule is N[C@@H](CC(=O)N1CCCC1CN1c2ccccc2CCC1O)CC1C=CC=CC1F. The Balaban J connectivity index is 1.37. The maximum absolute atomic E-state index is 14.0. The van der Waals surface area contributed by atoms with E-state index in [2.05, 4.69) is 6.07 Å². The third-order valence-electron chi connectivity index (χ3n) is 6.62. The van der Waals surface area contributed by atoms with Gasteiger partial charge in [-0.1, -0.05) is 42.5 Å². The number of allylic oxidation sites excluding steroid dienone is 4. The normalized spacial score (nSPS) is 29.2. The quantitative estimate of drug-likeness (QED) is 0.752. The second-order valence-corrected chi connectivity index (χ2v) is 8.76. The molecule has 1 saturated heterocycles. The summed E-state index contributed by atoms with van der Waals surface area (Å²) in [7, 11) is 0. The molecule has 2 heterocycles. The zero-order valence-electron chi connectivity index (χ0n) is 17.4. The number of anilines is 1. The predicted molar refractivity (Wildman–Crippen MR) is 117 cm³/mol. The van der Waals surface area contributed by atoms with Gasteiger partial charge in [0.1, 0.15) is 12.4 Å². The van der Waals surface area contributed by atoms with Crippen LogP contribution in [0.3, 0.4) is 0 Å². The Morgan fingerprint density at radius 2 is 2.03 bits per heavy atom. The van der Waals surface area contributed by atoms with E-state index in [0.717, 1.165) is 31.5 Å². The van der Waals surface area contributed by atoms with E-state index in [9.17, 15) is 14.3 Å². The molecule has 0 aromatic heterocycles. The number of aliphatic hydroxyl groups excluding tert-OH is 1. The van der Waals surface area contributed by atoms with Crippen molar-refractivity contribution in [1.82, 2.24) is 4.90 Å².